The topological polar surface area (TPSA) is 78.5 Å². The van der Waals surface area contributed by atoms with Crippen molar-refractivity contribution < 1.29 is 0 Å². The predicted octanol–water partition coefficient (Wildman–Crippen LogP) is 5.81. The molecule has 0 bridgehead atoms. The molecular weight excluding hydrogens is 456 g/mol. The first kappa shape index (κ1) is 23.4. The highest BCUT2D eigenvalue weighted by Crippen LogP contribution is 2.26. The second-order valence-corrected chi connectivity index (χ2v) is 9.27. The molecule has 4 rings (SSSR count). The van der Waals surface area contributed by atoms with E-state index in [1.54, 1.807) is 12.1 Å². The van der Waals surface area contributed by atoms with Crippen molar-refractivity contribution in [1.29, 1.82) is 0 Å². The zero-order valence-corrected chi connectivity index (χ0v) is 20.2. The number of hydrogen-bond acceptors (Lipinski definition) is 6. The lowest BCUT2D eigenvalue weighted by molar-refractivity contribution is 0.538. The first-order valence-electron chi connectivity index (χ1n) is 11.3. The lowest BCUT2D eigenvalue weighted by Crippen LogP contribution is -2.23. The fraction of sp³-hybridized carbons (Fsp3) is 0.375. The van der Waals surface area contributed by atoms with E-state index in [1.165, 1.54) is 42.1 Å². The molecule has 4 aromatic rings. The van der Waals surface area contributed by atoms with E-state index in [-0.39, 0.29) is 5.56 Å². The molecule has 0 saturated heterocycles. The van der Waals surface area contributed by atoms with Gasteiger partial charge in [0.2, 0.25) is 0 Å². The van der Waals surface area contributed by atoms with Crippen LogP contribution in [-0.4, -0.2) is 29.8 Å². The van der Waals surface area contributed by atoms with E-state index in [0.29, 0.717) is 21.8 Å². The fourth-order valence-corrected chi connectivity index (χ4v) is 4.65. The number of halogens is 1. The van der Waals surface area contributed by atoms with Crippen LogP contribution in [0.1, 0.15) is 45.4 Å². The van der Waals surface area contributed by atoms with Crippen molar-refractivity contribution in [1.82, 2.24) is 29.8 Å². The maximum absolute atomic E-state index is 12.8. The van der Waals surface area contributed by atoms with Gasteiger partial charge in [0.25, 0.3) is 5.56 Å². The summed E-state index contributed by atoms with van der Waals surface area (Å²) >= 11 is 7.51. The smallest absolute Gasteiger partial charge is 0.278 e. The average molecular weight is 483 g/mol. The van der Waals surface area contributed by atoms with Gasteiger partial charge in [0, 0.05) is 17.1 Å². The molecule has 0 amide bonds. The van der Waals surface area contributed by atoms with E-state index < -0.39 is 0 Å². The highest BCUT2D eigenvalue weighted by Gasteiger charge is 2.15. The summed E-state index contributed by atoms with van der Waals surface area (Å²) in [6.07, 6.45) is 7.24. The van der Waals surface area contributed by atoms with Gasteiger partial charge < -0.3 is 4.57 Å². The van der Waals surface area contributed by atoms with Crippen LogP contribution >= 0.6 is 23.4 Å². The van der Waals surface area contributed by atoms with Gasteiger partial charge in [-0.1, -0.05) is 79.7 Å². The van der Waals surface area contributed by atoms with Crippen molar-refractivity contribution >= 4 is 34.3 Å². The number of nitrogens with zero attached hydrogens (tertiary/aromatic N) is 6. The fourth-order valence-electron chi connectivity index (χ4n) is 3.69. The lowest BCUT2D eigenvalue weighted by Gasteiger charge is -2.11. The second kappa shape index (κ2) is 11.4. The first-order valence-corrected chi connectivity index (χ1v) is 12.7. The third-order valence-corrected chi connectivity index (χ3v) is 6.69. The SMILES string of the molecule is CCCCCCCCn1c(SCn2nnc3ccccc3c2=O)nnc1-c1ccc(Cl)cc1. The maximum Gasteiger partial charge on any atom is 0.278 e. The summed E-state index contributed by atoms with van der Waals surface area (Å²) in [6, 6.07) is 14.9. The molecule has 0 fully saturated rings. The summed E-state index contributed by atoms with van der Waals surface area (Å²) in [5, 5.41) is 19.1. The summed E-state index contributed by atoms with van der Waals surface area (Å²) in [5.74, 6) is 1.12. The number of thioether (sulfide) groups is 1. The van der Waals surface area contributed by atoms with Crippen LogP contribution < -0.4 is 5.56 Å². The van der Waals surface area contributed by atoms with Crippen LogP contribution in [-0.2, 0) is 12.4 Å². The van der Waals surface area contributed by atoms with E-state index in [0.717, 1.165) is 35.9 Å². The molecule has 2 aromatic heterocycles. The Kier molecular flexibility index (Phi) is 8.12. The van der Waals surface area contributed by atoms with Crippen LogP contribution in [0.2, 0.25) is 5.02 Å². The van der Waals surface area contributed by atoms with Gasteiger partial charge in [-0.2, -0.15) is 4.68 Å². The molecule has 0 unspecified atom stereocenters. The Bertz CT molecular complexity index is 1250. The van der Waals surface area contributed by atoms with Crippen molar-refractivity contribution in [2.24, 2.45) is 0 Å². The molecule has 0 aliphatic heterocycles. The molecule has 2 aromatic carbocycles. The number of fused-ring (bicyclic) bond motifs is 1. The van der Waals surface area contributed by atoms with Gasteiger partial charge >= 0.3 is 0 Å². The van der Waals surface area contributed by atoms with Crippen molar-refractivity contribution in [3.63, 3.8) is 0 Å². The Labute approximate surface area is 202 Å². The average Bonchev–Trinajstić information content (AvgIpc) is 3.24. The summed E-state index contributed by atoms with van der Waals surface area (Å²) in [5.41, 5.74) is 1.40. The zero-order chi connectivity index (χ0) is 23.0. The Morgan fingerprint density at radius 2 is 1.67 bits per heavy atom. The van der Waals surface area contributed by atoms with Crippen LogP contribution in [0.5, 0.6) is 0 Å². The Balaban J connectivity index is 1.53. The maximum atomic E-state index is 12.8. The summed E-state index contributed by atoms with van der Waals surface area (Å²) < 4.78 is 3.51. The number of hydrogen-bond donors (Lipinski definition) is 0. The molecule has 0 atom stereocenters. The quantitative estimate of drug-likeness (QED) is 0.198. The van der Waals surface area contributed by atoms with Crippen LogP contribution in [0, 0.1) is 0 Å². The minimum atomic E-state index is -0.159. The molecule has 0 saturated carbocycles. The summed E-state index contributed by atoms with van der Waals surface area (Å²) in [4.78, 5) is 12.8. The normalized spacial score (nSPS) is 11.3. The number of unbranched alkanes of at least 4 members (excludes halogenated alkanes) is 5. The van der Waals surface area contributed by atoms with Crippen LogP contribution in [0.3, 0.4) is 0 Å². The lowest BCUT2D eigenvalue weighted by atomic mass is 10.1. The molecule has 33 heavy (non-hydrogen) atoms. The van der Waals surface area contributed by atoms with Crippen LogP contribution in [0.15, 0.2) is 58.5 Å². The predicted molar refractivity (Wildman–Crippen MR) is 133 cm³/mol. The van der Waals surface area contributed by atoms with Crippen molar-refractivity contribution in [2.75, 3.05) is 0 Å². The van der Waals surface area contributed by atoms with Gasteiger partial charge in [0.15, 0.2) is 11.0 Å². The van der Waals surface area contributed by atoms with Crippen LogP contribution in [0.4, 0.5) is 0 Å². The summed E-state index contributed by atoms with van der Waals surface area (Å²) in [7, 11) is 0. The molecule has 9 heteroatoms. The van der Waals surface area contributed by atoms with Gasteiger partial charge in [0.1, 0.15) is 5.52 Å². The summed E-state index contributed by atoms with van der Waals surface area (Å²) in [6.45, 7) is 3.04. The number of rotatable bonds is 11. The molecular formula is C24H27ClN6OS. The number of aromatic nitrogens is 6. The largest absolute Gasteiger partial charge is 0.302 e. The Morgan fingerprint density at radius 3 is 2.48 bits per heavy atom. The monoisotopic (exact) mass is 482 g/mol. The van der Waals surface area contributed by atoms with E-state index >= 15 is 0 Å². The Morgan fingerprint density at radius 1 is 0.909 bits per heavy atom. The van der Waals surface area contributed by atoms with Gasteiger partial charge in [0.05, 0.1) is 11.3 Å². The highest BCUT2D eigenvalue weighted by atomic mass is 35.5. The minimum Gasteiger partial charge on any atom is -0.302 e. The molecule has 2 heterocycles. The first-order chi connectivity index (χ1) is 16.2. The van der Waals surface area contributed by atoms with E-state index in [2.05, 4.69) is 32.0 Å². The standard InChI is InChI=1S/C24H27ClN6OS/c1-2-3-4-5-6-9-16-30-22(18-12-14-19(25)15-13-18)27-28-24(30)33-17-31-23(32)20-10-7-8-11-21(20)26-29-31/h7-8,10-15H,2-6,9,16-17H2,1H3. The number of benzene rings is 2. The molecule has 0 N–H and O–H groups in total. The molecule has 172 valence electrons. The molecule has 0 aliphatic carbocycles. The van der Waals surface area contributed by atoms with Crippen molar-refractivity contribution in [2.45, 2.75) is 63.0 Å². The van der Waals surface area contributed by atoms with E-state index in [9.17, 15) is 4.79 Å². The van der Waals surface area contributed by atoms with Gasteiger partial charge in [-0.25, -0.2) is 0 Å². The van der Waals surface area contributed by atoms with Crippen molar-refractivity contribution in [3.05, 3.63) is 63.9 Å². The van der Waals surface area contributed by atoms with Gasteiger partial charge in [-0.05, 0) is 42.8 Å². The van der Waals surface area contributed by atoms with Crippen LogP contribution in [0.25, 0.3) is 22.3 Å². The zero-order valence-electron chi connectivity index (χ0n) is 18.7. The van der Waals surface area contributed by atoms with Gasteiger partial charge in [-0.3, -0.25) is 4.79 Å². The molecule has 0 aliphatic rings. The van der Waals surface area contributed by atoms with Crippen molar-refractivity contribution in [3.8, 4) is 11.4 Å². The highest BCUT2D eigenvalue weighted by molar-refractivity contribution is 7.98. The van der Waals surface area contributed by atoms with E-state index in [4.69, 9.17) is 11.6 Å². The molecule has 0 spiro atoms. The van der Waals surface area contributed by atoms with E-state index in [1.807, 2.05) is 36.4 Å². The second-order valence-electron chi connectivity index (χ2n) is 7.92. The molecule has 7 nitrogen and oxygen atoms in total. The third-order valence-electron chi connectivity index (χ3n) is 5.50. The Hall–Kier alpha value is -2.71. The molecule has 0 radical (unpaired) electrons. The third kappa shape index (κ3) is 5.81. The minimum absolute atomic E-state index is 0.159. The van der Waals surface area contributed by atoms with Gasteiger partial charge in [-0.15, -0.1) is 15.3 Å².